The first-order chi connectivity index (χ1) is 11.2. The van der Waals surface area contributed by atoms with Crippen molar-refractivity contribution in [2.75, 3.05) is 11.6 Å². The van der Waals surface area contributed by atoms with Crippen molar-refractivity contribution >= 4 is 23.4 Å². The number of thioether (sulfide) groups is 1. The van der Waals surface area contributed by atoms with Gasteiger partial charge in [0.15, 0.2) is 5.82 Å². The molecule has 0 atom stereocenters. The first-order valence-electron chi connectivity index (χ1n) is 7.02. The Labute approximate surface area is 138 Å². The molecule has 0 saturated heterocycles. The van der Waals surface area contributed by atoms with Gasteiger partial charge in [0, 0.05) is 21.7 Å². The minimum Gasteiger partial charge on any atom is -0.334 e. The molecule has 2 aromatic carbocycles. The van der Waals surface area contributed by atoms with Gasteiger partial charge in [-0.3, -0.25) is 4.79 Å². The highest BCUT2D eigenvalue weighted by atomic mass is 32.2. The molecule has 116 valence electrons. The first kappa shape index (κ1) is 15.3. The van der Waals surface area contributed by atoms with Crippen LogP contribution in [0.3, 0.4) is 0 Å². The second-order valence-electron chi connectivity index (χ2n) is 4.91. The average molecular weight is 325 g/mol. The van der Waals surface area contributed by atoms with Crippen LogP contribution >= 0.6 is 11.8 Å². The lowest BCUT2D eigenvalue weighted by Gasteiger charge is -2.06. The Morgan fingerprint density at radius 2 is 1.78 bits per heavy atom. The second-order valence-corrected chi connectivity index (χ2v) is 5.79. The molecular weight excluding hydrogens is 310 g/mol. The molecule has 0 unspecified atom stereocenters. The predicted octanol–water partition coefficient (Wildman–Crippen LogP) is 4.02. The average Bonchev–Trinajstić information content (AvgIpc) is 3.02. The summed E-state index contributed by atoms with van der Waals surface area (Å²) >= 11 is 1.66. The minimum atomic E-state index is -0.157. The Morgan fingerprint density at radius 3 is 2.35 bits per heavy atom. The fraction of sp³-hybridized carbons (Fsp3) is 0.118. The summed E-state index contributed by atoms with van der Waals surface area (Å²) < 4.78 is 5.10. The maximum atomic E-state index is 12.3. The van der Waals surface area contributed by atoms with Gasteiger partial charge in [-0.05, 0) is 61.7 Å². The van der Waals surface area contributed by atoms with Crippen LogP contribution in [0.1, 0.15) is 16.2 Å². The van der Waals surface area contributed by atoms with E-state index in [1.165, 1.54) is 0 Å². The summed E-state index contributed by atoms with van der Waals surface area (Å²) in [4.78, 5) is 17.6. The largest absolute Gasteiger partial charge is 0.334 e. The van der Waals surface area contributed by atoms with E-state index >= 15 is 0 Å². The van der Waals surface area contributed by atoms with Crippen molar-refractivity contribution in [3.05, 3.63) is 59.9 Å². The van der Waals surface area contributed by atoms with Gasteiger partial charge in [0.25, 0.3) is 11.8 Å². The topological polar surface area (TPSA) is 68.0 Å². The van der Waals surface area contributed by atoms with Crippen molar-refractivity contribution in [1.29, 1.82) is 0 Å². The number of amides is 1. The SMILES string of the molecule is CSc1ccc(NC(=O)c2ccc(-c3nc(C)no3)cc2)cc1. The fourth-order valence-corrected chi connectivity index (χ4v) is 2.46. The smallest absolute Gasteiger partial charge is 0.257 e. The lowest BCUT2D eigenvalue weighted by atomic mass is 10.1. The normalized spacial score (nSPS) is 10.5. The molecule has 1 aromatic heterocycles. The third-order valence-electron chi connectivity index (χ3n) is 3.27. The summed E-state index contributed by atoms with van der Waals surface area (Å²) in [6, 6.07) is 14.8. The van der Waals surface area contributed by atoms with E-state index in [9.17, 15) is 4.79 Å². The Balaban J connectivity index is 1.72. The van der Waals surface area contributed by atoms with Crippen LogP contribution in [0.15, 0.2) is 57.9 Å². The van der Waals surface area contributed by atoms with Crippen LogP contribution in [0, 0.1) is 6.92 Å². The Bertz CT molecular complexity index is 811. The molecule has 0 spiro atoms. The molecule has 0 aliphatic carbocycles. The van der Waals surface area contributed by atoms with Gasteiger partial charge in [-0.15, -0.1) is 11.8 Å². The number of benzene rings is 2. The Kier molecular flexibility index (Phi) is 4.43. The standard InChI is InChI=1S/C17H15N3O2S/c1-11-18-17(22-20-11)13-5-3-12(4-6-13)16(21)19-14-7-9-15(23-2)10-8-14/h3-10H,1-2H3,(H,19,21). The molecule has 0 saturated carbocycles. The van der Waals surface area contributed by atoms with Crippen molar-refractivity contribution < 1.29 is 9.32 Å². The number of nitrogens with one attached hydrogen (secondary N) is 1. The van der Waals surface area contributed by atoms with Gasteiger partial charge in [-0.1, -0.05) is 5.16 Å². The molecular formula is C17H15N3O2S. The predicted molar refractivity (Wildman–Crippen MR) is 90.6 cm³/mol. The molecule has 6 heteroatoms. The zero-order valence-electron chi connectivity index (χ0n) is 12.7. The third kappa shape index (κ3) is 3.60. The van der Waals surface area contributed by atoms with Crippen molar-refractivity contribution in [3.63, 3.8) is 0 Å². The highest BCUT2D eigenvalue weighted by Crippen LogP contribution is 2.20. The maximum absolute atomic E-state index is 12.3. The summed E-state index contributed by atoms with van der Waals surface area (Å²) in [7, 11) is 0. The van der Waals surface area contributed by atoms with Crippen LogP contribution in [0.4, 0.5) is 5.69 Å². The van der Waals surface area contributed by atoms with Gasteiger partial charge in [-0.25, -0.2) is 0 Å². The van der Waals surface area contributed by atoms with E-state index in [4.69, 9.17) is 4.52 Å². The summed E-state index contributed by atoms with van der Waals surface area (Å²) in [5.41, 5.74) is 2.12. The third-order valence-corrected chi connectivity index (χ3v) is 4.01. The lowest BCUT2D eigenvalue weighted by Crippen LogP contribution is -2.11. The highest BCUT2D eigenvalue weighted by molar-refractivity contribution is 7.98. The lowest BCUT2D eigenvalue weighted by molar-refractivity contribution is 0.102. The van der Waals surface area contributed by atoms with Crippen LogP contribution in [-0.4, -0.2) is 22.3 Å². The van der Waals surface area contributed by atoms with E-state index < -0.39 is 0 Å². The molecule has 3 rings (SSSR count). The number of aryl methyl sites for hydroxylation is 1. The van der Waals surface area contributed by atoms with E-state index in [0.717, 1.165) is 16.1 Å². The van der Waals surface area contributed by atoms with Gasteiger partial charge < -0.3 is 9.84 Å². The van der Waals surface area contributed by atoms with E-state index in [1.807, 2.05) is 30.5 Å². The minimum absolute atomic E-state index is 0.157. The van der Waals surface area contributed by atoms with E-state index in [2.05, 4.69) is 15.5 Å². The number of aromatic nitrogens is 2. The molecule has 23 heavy (non-hydrogen) atoms. The van der Waals surface area contributed by atoms with Crippen LogP contribution in [0.2, 0.25) is 0 Å². The maximum Gasteiger partial charge on any atom is 0.257 e. The number of nitrogens with zero attached hydrogens (tertiary/aromatic N) is 2. The second kappa shape index (κ2) is 6.66. The summed E-state index contributed by atoms with van der Waals surface area (Å²) in [6.45, 7) is 1.76. The molecule has 1 heterocycles. The molecule has 0 bridgehead atoms. The van der Waals surface area contributed by atoms with Crippen LogP contribution < -0.4 is 5.32 Å². The van der Waals surface area contributed by atoms with Gasteiger partial charge in [-0.2, -0.15) is 4.98 Å². The van der Waals surface area contributed by atoms with Crippen molar-refractivity contribution in [3.8, 4) is 11.5 Å². The highest BCUT2D eigenvalue weighted by Gasteiger charge is 2.09. The van der Waals surface area contributed by atoms with Crippen molar-refractivity contribution in [2.45, 2.75) is 11.8 Å². The molecule has 0 radical (unpaired) electrons. The number of carbonyl (C=O) groups is 1. The summed E-state index contributed by atoms with van der Waals surface area (Å²) in [5.74, 6) is 0.868. The summed E-state index contributed by atoms with van der Waals surface area (Å²) in [5, 5.41) is 6.63. The van der Waals surface area contributed by atoms with Crippen LogP contribution in [0.5, 0.6) is 0 Å². The molecule has 0 aliphatic rings. The fourth-order valence-electron chi connectivity index (χ4n) is 2.06. The van der Waals surface area contributed by atoms with Crippen molar-refractivity contribution in [1.82, 2.24) is 10.1 Å². The molecule has 3 aromatic rings. The van der Waals surface area contributed by atoms with Gasteiger partial charge in [0.1, 0.15) is 0 Å². The van der Waals surface area contributed by atoms with Gasteiger partial charge in [0.05, 0.1) is 0 Å². The van der Waals surface area contributed by atoms with Gasteiger partial charge >= 0.3 is 0 Å². The number of hydrogen-bond acceptors (Lipinski definition) is 5. The summed E-state index contributed by atoms with van der Waals surface area (Å²) in [6.07, 6.45) is 2.01. The number of rotatable bonds is 4. The van der Waals surface area contributed by atoms with Crippen LogP contribution in [0.25, 0.3) is 11.5 Å². The number of hydrogen-bond donors (Lipinski definition) is 1. The molecule has 0 fully saturated rings. The molecule has 5 nitrogen and oxygen atoms in total. The van der Waals surface area contributed by atoms with E-state index in [1.54, 1.807) is 43.0 Å². The quantitative estimate of drug-likeness (QED) is 0.734. The zero-order chi connectivity index (χ0) is 16.2. The van der Waals surface area contributed by atoms with E-state index in [-0.39, 0.29) is 5.91 Å². The van der Waals surface area contributed by atoms with Crippen molar-refractivity contribution in [2.24, 2.45) is 0 Å². The first-order valence-corrected chi connectivity index (χ1v) is 8.24. The molecule has 0 aliphatic heterocycles. The number of carbonyl (C=O) groups excluding carboxylic acids is 1. The number of anilines is 1. The van der Waals surface area contributed by atoms with Gasteiger partial charge in [0.2, 0.25) is 0 Å². The molecule has 1 amide bonds. The Hall–Kier alpha value is -2.60. The monoisotopic (exact) mass is 325 g/mol. The van der Waals surface area contributed by atoms with Crippen LogP contribution in [-0.2, 0) is 0 Å². The zero-order valence-corrected chi connectivity index (χ0v) is 13.6. The Morgan fingerprint density at radius 1 is 1.09 bits per heavy atom. The molecule has 1 N–H and O–H groups in total. The van der Waals surface area contributed by atoms with E-state index in [0.29, 0.717) is 17.3 Å².